The molecule has 1 saturated heterocycles. The van der Waals surface area contributed by atoms with Gasteiger partial charge in [0, 0.05) is 30.3 Å². The molecule has 0 spiro atoms. The van der Waals surface area contributed by atoms with E-state index in [4.69, 9.17) is 4.52 Å². The number of amides is 1. The number of carbonyl (C=O) groups is 1. The second-order valence-corrected chi connectivity index (χ2v) is 11.1. The van der Waals surface area contributed by atoms with Crippen LogP contribution in [0.3, 0.4) is 0 Å². The number of aromatic nitrogens is 1. The summed E-state index contributed by atoms with van der Waals surface area (Å²) < 4.78 is 47.4. The first-order chi connectivity index (χ1) is 17.2. The Morgan fingerprint density at radius 3 is 2.42 bits per heavy atom. The number of sulfonamides is 1. The van der Waals surface area contributed by atoms with E-state index in [0.717, 1.165) is 5.69 Å². The molecule has 4 rings (SSSR count). The summed E-state index contributed by atoms with van der Waals surface area (Å²) in [6.45, 7) is 6.18. The molecule has 2 heterocycles. The van der Waals surface area contributed by atoms with Crippen molar-refractivity contribution in [3.05, 3.63) is 76.9 Å². The third-order valence-electron chi connectivity index (χ3n) is 6.42. The number of carbonyl (C=O) groups excluding carboxylic acids is 1. The smallest absolute Gasteiger partial charge is 0.248 e. The molecule has 0 unspecified atom stereocenters. The predicted octanol–water partition coefficient (Wildman–Crippen LogP) is 5.46. The molecule has 3 aromatic rings. The number of benzene rings is 2. The highest BCUT2D eigenvalue weighted by molar-refractivity contribution is 7.89. The molecule has 9 heteroatoms. The van der Waals surface area contributed by atoms with Crippen LogP contribution in [-0.2, 0) is 14.8 Å². The zero-order valence-corrected chi connectivity index (χ0v) is 21.4. The quantitative estimate of drug-likeness (QED) is 0.455. The van der Waals surface area contributed by atoms with Crippen LogP contribution >= 0.6 is 0 Å². The molecular formula is C27H30FN3O4S. The summed E-state index contributed by atoms with van der Waals surface area (Å²) >= 11 is 0. The fourth-order valence-corrected chi connectivity index (χ4v) is 5.98. The summed E-state index contributed by atoms with van der Waals surface area (Å²) in [6, 6.07) is 13.9. The second-order valence-electron chi connectivity index (χ2n) is 9.26. The molecule has 36 heavy (non-hydrogen) atoms. The number of nitrogens with one attached hydrogen (secondary N) is 1. The number of hydrogen-bond donors (Lipinski definition) is 1. The van der Waals surface area contributed by atoms with Crippen LogP contribution in [0.4, 0.5) is 10.1 Å². The lowest BCUT2D eigenvalue weighted by Gasteiger charge is -2.30. The zero-order valence-electron chi connectivity index (χ0n) is 20.6. The SMILES string of the molecule is Cc1noc(/C=C/c2ccccc2F)c1S(=O)(=O)N1CCC(C(=O)Nc2ccc(C(C)C)cc2)CC1. The van der Waals surface area contributed by atoms with E-state index in [1.165, 1.54) is 28.1 Å². The number of piperidine rings is 1. The Labute approximate surface area is 211 Å². The van der Waals surface area contributed by atoms with Gasteiger partial charge in [0.25, 0.3) is 0 Å². The van der Waals surface area contributed by atoms with Gasteiger partial charge in [0.2, 0.25) is 15.9 Å². The molecule has 190 valence electrons. The maximum absolute atomic E-state index is 14.0. The van der Waals surface area contributed by atoms with E-state index in [0.29, 0.717) is 24.3 Å². The van der Waals surface area contributed by atoms with E-state index in [1.807, 2.05) is 24.3 Å². The minimum Gasteiger partial charge on any atom is -0.355 e. The van der Waals surface area contributed by atoms with E-state index in [1.54, 1.807) is 25.1 Å². The van der Waals surface area contributed by atoms with E-state index >= 15 is 0 Å². The summed E-state index contributed by atoms with van der Waals surface area (Å²) in [7, 11) is -3.92. The molecule has 1 fully saturated rings. The van der Waals surface area contributed by atoms with Gasteiger partial charge in [-0.2, -0.15) is 4.31 Å². The lowest BCUT2D eigenvalue weighted by atomic mass is 9.97. The Hall–Kier alpha value is -3.30. The van der Waals surface area contributed by atoms with Gasteiger partial charge in [0.15, 0.2) is 10.7 Å². The maximum Gasteiger partial charge on any atom is 0.248 e. The lowest BCUT2D eigenvalue weighted by Crippen LogP contribution is -2.41. The largest absolute Gasteiger partial charge is 0.355 e. The van der Waals surface area contributed by atoms with Crippen molar-refractivity contribution in [3.63, 3.8) is 0 Å². The van der Waals surface area contributed by atoms with Crippen molar-refractivity contribution in [1.29, 1.82) is 0 Å². The van der Waals surface area contributed by atoms with Crippen LogP contribution in [0.5, 0.6) is 0 Å². The number of nitrogens with zero attached hydrogens (tertiary/aromatic N) is 2. The molecular weight excluding hydrogens is 481 g/mol. The van der Waals surface area contributed by atoms with Crippen LogP contribution in [0, 0.1) is 18.7 Å². The molecule has 7 nitrogen and oxygen atoms in total. The second kappa shape index (κ2) is 10.8. The van der Waals surface area contributed by atoms with Crippen LogP contribution in [0.2, 0.25) is 0 Å². The number of hydrogen-bond acceptors (Lipinski definition) is 5. The van der Waals surface area contributed by atoms with Crippen LogP contribution in [0.1, 0.15) is 55.2 Å². The molecule has 1 aliphatic heterocycles. The van der Waals surface area contributed by atoms with Crippen molar-refractivity contribution >= 4 is 33.8 Å². The van der Waals surface area contributed by atoms with Gasteiger partial charge >= 0.3 is 0 Å². The normalized spacial score (nSPS) is 15.6. The molecule has 1 aromatic heterocycles. The molecule has 1 aliphatic rings. The van der Waals surface area contributed by atoms with Gasteiger partial charge in [-0.25, -0.2) is 12.8 Å². The summed E-state index contributed by atoms with van der Waals surface area (Å²) in [5.41, 5.74) is 2.46. The lowest BCUT2D eigenvalue weighted by molar-refractivity contribution is -0.120. The molecule has 0 radical (unpaired) electrons. The summed E-state index contributed by atoms with van der Waals surface area (Å²) in [5.74, 6) is -0.374. The summed E-state index contributed by atoms with van der Waals surface area (Å²) in [6.07, 6.45) is 3.67. The van der Waals surface area contributed by atoms with E-state index < -0.39 is 15.8 Å². The Balaban J connectivity index is 1.43. The molecule has 1 N–H and O–H groups in total. The van der Waals surface area contributed by atoms with Crippen LogP contribution in [-0.4, -0.2) is 36.9 Å². The third kappa shape index (κ3) is 5.57. The van der Waals surface area contributed by atoms with Gasteiger partial charge in [-0.05, 0) is 61.6 Å². The van der Waals surface area contributed by atoms with Crippen molar-refractivity contribution in [1.82, 2.24) is 9.46 Å². The van der Waals surface area contributed by atoms with E-state index in [2.05, 4.69) is 24.3 Å². The molecule has 2 aromatic carbocycles. The Morgan fingerprint density at radius 2 is 1.78 bits per heavy atom. The molecule has 0 atom stereocenters. The predicted molar refractivity (Wildman–Crippen MR) is 137 cm³/mol. The average molecular weight is 512 g/mol. The Morgan fingerprint density at radius 1 is 1.11 bits per heavy atom. The van der Waals surface area contributed by atoms with Crippen molar-refractivity contribution in [2.75, 3.05) is 18.4 Å². The maximum atomic E-state index is 14.0. The van der Waals surface area contributed by atoms with Gasteiger partial charge in [0.1, 0.15) is 11.5 Å². The first-order valence-electron chi connectivity index (χ1n) is 12.0. The minimum absolute atomic E-state index is 0.0387. The number of rotatable bonds is 7. The van der Waals surface area contributed by atoms with Crippen molar-refractivity contribution in [3.8, 4) is 0 Å². The number of anilines is 1. The van der Waals surface area contributed by atoms with E-state index in [-0.39, 0.29) is 41.3 Å². The fourth-order valence-electron chi connectivity index (χ4n) is 4.26. The van der Waals surface area contributed by atoms with Gasteiger partial charge in [-0.1, -0.05) is 49.3 Å². The molecule has 0 aliphatic carbocycles. The average Bonchev–Trinajstić information content (AvgIpc) is 3.25. The third-order valence-corrected chi connectivity index (χ3v) is 8.48. The van der Waals surface area contributed by atoms with Crippen LogP contribution < -0.4 is 5.32 Å². The molecule has 0 bridgehead atoms. The number of halogens is 1. The highest BCUT2D eigenvalue weighted by Gasteiger charge is 2.36. The summed E-state index contributed by atoms with van der Waals surface area (Å²) in [5, 5.41) is 6.77. The van der Waals surface area contributed by atoms with Crippen molar-refractivity contribution in [2.24, 2.45) is 5.92 Å². The topological polar surface area (TPSA) is 92.5 Å². The van der Waals surface area contributed by atoms with Crippen LogP contribution in [0.25, 0.3) is 12.2 Å². The van der Waals surface area contributed by atoms with Gasteiger partial charge in [0.05, 0.1) is 0 Å². The van der Waals surface area contributed by atoms with Gasteiger partial charge in [-0.15, -0.1) is 0 Å². The van der Waals surface area contributed by atoms with E-state index in [9.17, 15) is 17.6 Å². The molecule has 0 saturated carbocycles. The van der Waals surface area contributed by atoms with Gasteiger partial charge in [-0.3, -0.25) is 4.79 Å². The first kappa shape index (κ1) is 25.8. The Bertz CT molecular complexity index is 1360. The zero-order chi connectivity index (χ0) is 25.9. The highest BCUT2D eigenvalue weighted by atomic mass is 32.2. The first-order valence-corrected chi connectivity index (χ1v) is 13.4. The number of aryl methyl sites for hydroxylation is 1. The fraction of sp³-hybridized carbons (Fsp3) is 0.333. The standard InChI is InChI=1S/C27H30FN3O4S/c1-18(2)20-8-11-23(12-9-20)29-27(32)22-14-16-31(17-15-22)36(33,34)26-19(3)30-35-25(26)13-10-21-6-4-5-7-24(21)28/h4-13,18,22H,14-17H2,1-3H3,(H,29,32)/b13-10+. The van der Waals surface area contributed by atoms with Crippen molar-refractivity contribution in [2.45, 2.75) is 44.4 Å². The highest BCUT2D eigenvalue weighted by Crippen LogP contribution is 2.30. The monoisotopic (exact) mass is 511 g/mol. The van der Waals surface area contributed by atoms with Gasteiger partial charge < -0.3 is 9.84 Å². The minimum atomic E-state index is -3.92. The molecule has 1 amide bonds. The van der Waals surface area contributed by atoms with Crippen molar-refractivity contribution < 1.29 is 22.1 Å². The Kier molecular flexibility index (Phi) is 7.70. The summed E-state index contributed by atoms with van der Waals surface area (Å²) in [4.78, 5) is 12.7. The van der Waals surface area contributed by atoms with Crippen LogP contribution in [0.15, 0.2) is 57.9 Å².